The Balaban J connectivity index is 1.62. The molecule has 1 fully saturated rings. The van der Waals surface area contributed by atoms with E-state index in [1.165, 1.54) is 62.8 Å². The Labute approximate surface area is 194 Å². The van der Waals surface area contributed by atoms with E-state index in [0.29, 0.717) is 31.4 Å². The minimum absolute atomic E-state index is 0.00121. The molecule has 9 heteroatoms. The van der Waals surface area contributed by atoms with Gasteiger partial charge in [0, 0.05) is 13.2 Å². The fraction of sp³-hybridized carbons (Fsp3) is 0.458. The lowest BCUT2D eigenvalue weighted by molar-refractivity contribution is -0.119. The van der Waals surface area contributed by atoms with Gasteiger partial charge in [-0.1, -0.05) is 19.3 Å². The highest BCUT2D eigenvalue weighted by molar-refractivity contribution is 7.92. The Hall–Kier alpha value is -2.65. The number of sulfonamides is 1. The first-order valence-corrected chi connectivity index (χ1v) is 12.6. The van der Waals surface area contributed by atoms with Crippen molar-refractivity contribution in [2.24, 2.45) is 0 Å². The van der Waals surface area contributed by atoms with Gasteiger partial charge in [0.05, 0.1) is 23.8 Å². The fourth-order valence-electron chi connectivity index (χ4n) is 3.77. The number of ether oxygens (including phenoxy) is 2. The topological polar surface area (TPSA) is 84.9 Å². The predicted octanol–water partition coefficient (Wildman–Crippen LogP) is 3.89. The Kier molecular flexibility index (Phi) is 9.08. The van der Waals surface area contributed by atoms with Crippen LogP contribution in [0.5, 0.6) is 5.75 Å². The van der Waals surface area contributed by atoms with Crippen LogP contribution in [0.15, 0.2) is 53.4 Å². The van der Waals surface area contributed by atoms with Crippen molar-refractivity contribution in [1.82, 2.24) is 5.32 Å². The van der Waals surface area contributed by atoms with Crippen molar-refractivity contribution >= 4 is 21.6 Å². The maximum absolute atomic E-state index is 13.4. The molecule has 1 N–H and O–H groups in total. The highest BCUT2D eigenvalue weighted by Crippen LogP contribution is 2.25. The first-order valence-electron chi connectivity index (χ1n) is 11.2. The van der Waals surface area contributed by atoms with Crippen LogP contribution in [0.4, 0.5) is 10.1 Å². The number of anilines is 1. The van der Waals surface area contributed by atoms with Crippen molar-refractivity contribution < 1.29 is 27.1 Å². The summed E-state index contributed by atoms with van der Waals surface area (Å²) in [6.45, 7) is 0.506. The minimum atomic E-state index is -4.07. The van der Waals surface area contributed by atoms with E-state index in [1.807, 2.05) is 0 Å². The van der Waals surface area contributed by atoms with Crippen LogP contribution >= 0.6 is 0 Å². The van der Waals surface area contributed by atoms with E-state index in [2.05, 4.69) is 5.32 Å². The molecule has 0 spiro atoms. The smallest absolute Gasteiger partial charge is 0.264 e. The maximum atomic E-state index is 13.4. The van der Waals surface area contributed by atoms with E-state index < -0.39 is 28.3 Å². The van der Waals surface area contributed by atoms with Crippen LogP contribution in [-0.4, -0.2) is 47.2 Å². The van der Waals surface area contributed by atoms with Gasteiger partial charge in [-0.05, 0) is 67.8 Å². The summed E-state index contributed by atoms with van der Waals surface area (Å²) >= 11 is 0. The summed E-state index contributed by atoms with van der Waals surface area (Å²) in [6, 6.07) is 10.9. The van der Waals surface area contributed by atoms with Crippen molar-refractivity contribution in [3.05, 3.63) is 54.3 Å². The van der Waals surface area contributed by atoms with Crippen LogP contribution in [-0.2, 0) is 19.6 Å². The molecular formula is C24H31FN2O5S. The summed E-state index contributed by atoms with van der Waals surface area (Å²) in [4.78, 5) is 12.6. The number of carbonyl (C=O) groups is 1. The molecule has 1 aliphatic rings. The number of hydrogen-bond donors (Lipinski definition) is 1. The standard InChI is InChI=1S/C24H31FN2O5S/c1-31-21-12-14-23(15-13-21)33(29,30)27(20-10-8-19(25)9-11-20)18-24(28)26-16-5-17-32-22-6-3-2-4-7-22/h8-15,22H,2-7,16-18H2,1H3,(H,26,28). The zero-order valence-electron chi connectivity index (χ0n) is 18.8. The highest BCUT2D eigenvalue weighted by atomic mass is 32.2. The van der Waals surface area contributed by atoms with Crippen molar-refractivity contribution in [2.75, 3.05) is 31.1 Å². The Morgan fingerprint density at radius 2 is 1.73 bits per heavy atom. The fourth-order valence-corrected chi connectivity index (χ4v) is 5.19. The molecule has 2 aromatic rings. The van der Waals surface area contributed by atoms with Crippen LogP contribution in [0.25, 0.3) is 0 Å². The average Bonchev–Trinajstić information content (AvgIpc) is 2.83. The second-order valence-corrected chi connectivity index (χ2v) is 9.86. The van der Waals surface area contributed by atoms with Crippen LogP contribution in [0, 0.1) is 5.82 Å². The number of methoxy groups -OCH3 is 1. The molecule has 180 valence electrons. The second-order valence-electron chi connectivity index (χ2n) is 8.00. The summed E-state index contributed by atoms with van der Waals surface area (Å²) in [5.74, 6) is -0.437. The molecule has 7 nitrogen and oxygen atoms in total. The molecule has 0 unspecified atom stereocenters. The highest BCUT2D eigenvalue weighted by Gasteiger charge is 2.27. The van der Waals surface area contributed by atoms with E-state index in [4.69, 9.17) is 9.47 Å². The van der Waals surface area contributed by atoms with Crippen molar-refractivity contribution in [3.63, 3.8) is 0 Å². The first-order chi connectivity index (χ1) is 15.9. The van der Waals surface area contributed by atoms with E-state index in [0.717, 1.165) is 29.3 Å². The summed E-state index contributed by atoms with van der Waals surface area (Å²) in [7, 11) is -2.58. The molecule has 1 saturated carbocycles. The van der Waals surface area contributed by atoms with Crippen molar-refractivity contribution in [2.45, 2.75) is 49.5 Å². The molecule has 0 saturated heterocycles. The molecule has 0 aliphatic heterocycles. The minimum Gasteiger partial charge on any atom is -0.497 e. The van der Waals surface area contributed by atoms with Crippen LogP contribution in [0.2, 0.25) is 0 Å². The van der Waals surface area contributed by atoms with Crippen molar-refractivity contribution in [3.8, 4) is 5.75 Å². The van der Waals surface area contributed by atoms with Gasteiger partial charge >= 0.3 is 0 Å². The monoisotopic (exact) mass is 478 g/mol. The Morgan fingerprint density at radius 1 is 1.06 bits per heavy atom. The molecule has 0 heterocycles. The number of carbonyl (C=O) groups excluding carboxylic acids is 1. The molecule has 3 rings (SSSR count). The number of benzene rings is 2. The molecule has 33 heavy (non-hydrogen) atoms. The quantitative estimate of drug-likeness (QED) is 0.496. The summed E-state index contributed by atoms with van der Waals surface area (Å²) in [5, 5.41) is 2.75. The molecule has 1 aliphatic carbocycles. The van der Waals surface area contributed by atoms with Gasteiger partial charge in [-0.15, -0.1) is 0 Å². The number of hydrogen-bond acceptors (Lipinski definition) is 5. The number of nitrogens with zero attached hydrogens (tertiary/aromatic N) is 1. The number of amides is 1. The van der Waals surface area contributed by atoms with Crippen LogP contribution in [0.3, 0.4) is 0 Å². The van der Waals surface area contributed by atoms with Gasteiger partial charge in [0.2, 0.25) is 5.91 Å². The third-order valence-electron chi connectivity index (χ3n) is 5.60. The van der Waals surface area contributed by atoms with Gasteiger partial charge in [-0.25, -0.2) is 12.8 Å². The van der Waals surface area contributed by atoms with E-state index in [-0.39, 0.29) is 10.6 Å². The molecule has 0 bridgehead atoms. The Bertz CT molecular complexity index is 991. The van der Waals surface area contributed by atoms with Crippen LogP contribution in [0.1, 0.15) is 38.5 Å². The van der Waals surface area contributed by atoms with Crippen molar-refractivity contribution in [1.29, 1.82) is 0 Å². The lowest BCUT2D eigenvalue weighted by Crippen LogP contribution is -2.41. The van der Waals surface area contributed by atoms with E-state index in [9.17, 15) is 17.6 Å². The SMILES string of the molecule is COc1ccc(S(=O)(=O)N(CC(=O)NCCCOC2CCCCC2)c2ccc(F)cc2)cc1. The van der Waals surface area contributed by atoms with Gasteiger partial charge in [0.25, 0.3) is 10.0 Å². The lowest BCUT2D eigenvalue weighted by atomic mass is 9.98. The summed E-state index contributed by atoms with van der Waals surface area (Å²) in [5.41, 5.74) is 0.197. The van der Waals surface area contributed by atoms with Gasteiger partial charge < -0.3 is 14.8 Å². The normalized spacial score (nSPS) is 14.6. The number of halogens is 1. The van der Waals surface area contributed by atoms with Gasteiger partial charge in [0.1, 0.15) is 18.1 Å². The zero-order chi connectivity index (χ0) is 23.7. The van der Waals surface area contributed by atoms with Gasteiger partial charge in [-0.2, -0.15) is 0 Å². The number of rotatable bonds is 11. The molecule has 1 amide bonds. The molecule has 2 aromatic carbocycles. The molecule has 0 radical (unpaired) electrons. The summed E-state index contributed by atoms with van der Waals surface area (Å²) in [6.07, 6.45) is 6.78. The zero-order valence-corrected chi connectivity index (χ0v) is 19.7. The van der Waals surface area contributed by atoms with Gasteiger partial charge in [0.15, 0.2) is 0 Å². The third-order valence-corrected chi connectivity index (χ3v) is 7.39. The maximum Gasteiger partial charge on any atom is 0.264 e. The number of nitrogens with one attached hydrogen (secondary N) is 1. The predicted molar refractivity (Wildman–Crippen MR) is 124 cm³/mol. The van der Waals surface area contributed by atoms with Gasteiger partial charge in [-0.3, -0.25) is 9.10 Å². The first kappa shape index (κ1) is 25.0. The van der Waals surface area contributed by atoms with E-state index in [1.54, 1.807) is 0 Å². The molecule has 0 atom stereocenters. The summed E-state index contributed by atoms with van der Waals surface area (Å²) < 4.78 is 51.9. The third kappa shape index (κ3) is 7.17. The second kappa shape index (κ2) is 12.0. The van der Waals surface area contributed by atoms with E-state index >= 15 is 0 Å². The average molecular weight is 479 g/mol. The largest absolute Gasteiger partial charge is 0.497 e. The lowest BCUT2D eigenvalue weighted by Gasteiger charge is -2.24. The Morgan fingerprint density at radius 3 is 2.36 bits per heavy atom. The van der Waals surface area contributed by atoms with Crippen LogP contribution < -0.4 is 14.4 Å². The molecular weight excluding hydrogens is 447 g/mol. The molecule has 0 aromatic heterocycles.